The molecular weight excluding hydrogens is 1070 g/mol. The van der Waals surface area contributed by atoms with E-state index in [1.807, 2.05) is 85.0 Å². The molecule has 434 valence electrons. The lowest BCUT2D eigenvalue weighted by atomic mass is 9.98. The van der Waals surface area contributed by atoms with Crippen molar-refractivity contribution < 1.29 is 57.1 Å². The first-order valence-electron chi connectivity index (χ1n) is 26.8. The van der Waals surface area contributed by atoms with E-state index in [0.29, 0.717) is 135 Å². The van der Waals surface area contributed by atoms with Crippen LogP contribution in [0.4, 0.5) is 22.7 Å². The molecule has 6 N–H and O–H groups in total. The van der Waals surface area contributed by atoms with Gasteiger partial charge in [-0.1, -0.05) is 24.3 Å². The molecule has 4 unspecified atom stereocenters. The maximum atomic E-state index is 14.0. The number of fused-ring (bicyclic) bond motifs is 8. The zero-order valence-corrected chi connectivity index (χ0v) is 48.6. The van der Waals surface area contributed by atoms with Gasteiger partial charge in [-0.2, -0.15) is 0 Å². The highest BCUT2D eigenvalue weighted by Gasteiger charge is 2.29. The van der Waals surface area contributed by atoms with Crippen molar-refractivity contribution in [3.63, 3.8) is 0 Å². The Morgan fingerprint density at radius 2 is 0.560 bits per heavy atom. The van der Waals surface area contributed by atoms with Crippen molar-refractivity contribution in [2.45, 2.75) is 52.1 Å². The van der Waals surface area contributed by atoms with Crippen molar-refractivity contribution in [2.75, 3.05) is 78.1 Å². The summed E-state index contributed by atoms with van der Waals surface area (Å²) in [4.78, 5) is 74.2. The lowest BCUT2D eigenvalue weighted by Crippen LogP contribution is -2.28. The summed E-state index contributed by atoms with van der Waals surface area (Å²) in [6.45, 7) is 6.52. The number of aromatic amines is 2. The summed E-state index contributed by atoms with van der Waals surface area (Å²) < 4.78 is 46.3. The lowest BCUT2D eigenvalue weighted by molar-refractivity contribution is -0.125. The summed E-state index contributed by atoms with van der Waals surface area (Å²) in [5.41, 5.74) is 8.84. The van der Waals surface area contributed by atoms with Gasteiger partial charge in [0.25, 0.3) is 23.6 Å². The number of nitrogens with zero attached hydrogens (tertiary/aromatic N) is 2. The second-order valence-electron chi connectivity index (χ2n) is 19.5. The van der Waals surface area contributed by atoms with Crippen LogP contribution in [0.2, 0.25) is 0 Å². The summed E-state index contributed by atoms with van der Waals surface area (Å²) in [5, 5.41) is 12.3. The average molecular weight is 1140 g/mol. The number of nitrogens with one attached hydrogen (secondary N) is 6. The summed E-state index contributed by atoms with van der Waals surface area (Å²) in [6.07, 6.45) is 3.95. The number of carbonyl (C=O) groups is 4. The molecule has 7 aromatic rings. The van der Waals surface area contributed by atoms with Gasteiger partial charge in [-0.3, -0.25) is 19.2 Å². The van der Waals surface area contributed by atoms with Crippen LogP contribution in [0.25, 0.3) is 90.9 Å². The van der Waals surface area contributed by atoms with Crippen LogP contribution in [-0.4, -0.2) is 125 Å². The number of amides is 4. The maximum absolute atomic E-state index is 14.0. The molecule has 4 atom stereocenters. The predicted molar refractivity (Wildman–Crippen MR) is 327 cm³/mol. The second-order valence-corrected chi connectivity index (χ2v) is 19.5. The third-order valence-corrected chi connectivity index (χ3v) is 14.7. The summed E-state index contributed by atoms with van der Waals surface area (Å²) in [5.74, 6) is 0.00738. The van der Waals surface area contributed by atoms with E-state index in [2.05, 4.69) is 31.2 Å². The summed E-state index contributed by atoms with van der Waals surface area (Å²) >= 11 is 0. The Morgan fingerprint density at radius 1 is 0.333 bits per heavy atom. The Labute approximate surface area is 485 Å². The van der Waals surface area contributed by atoms with Crippen LogP contribution in [0.5, 0.6) is 23.0 Å². The Hall–Kier alpha value is -9.60. The molecule has 9 rings (SSSR count). The van der Waals surface area contributed by atoms with Crippen molar-refractivity contribution >= 4 is 92.7 Å². The number of hydrogen-bond acceptors (Lipinski definition) is 14. The highest BCUT2D eigenvalue weighted by atomic mass is 16.5. The molecule has 0 fully saturated rings. The van der Waals surface area contributed by atoms with E-state index in [0.717, 1.165) is 0 Å². The van der Waals surface area contributed by atoms with Crippen molar-refractivity contribution in [1.82, 2.24) is 19.9 Å². The highest BCUT2D eigenvalue weighted by molar-refractivity contribution is 6.12. The molecule has 0 radical (unpaired) electrons. The first kappa shape index (κ1) is 59.0. The molecule has 2 aliphatic rings. The maximum Gasteiger partial charge on any atom is 0.253 e. The minimum atomic E-state index is -0.866. The first-order chi connectivity index (χ1) is 40.6. The van der Waals surface area contributed by atoms with E-state index in [-0.39, 0.29) is 0 Å². The quantitative estimate of drug-likeness (QED) is 0.0416. The minimum Gasteiger partial charge on any atom is -0.496 e. The van der Waals surface area contributed by atoms with Gasteiger partial charge in [0.05, 0.1) is 85.1 Å². The fraction of sp³-hybridized carbons (Fsp3) is 0.250. The highest BCUT2D eigenvalue weighted by Crippen LogP contribution is 2.49. The van der Waals surface area contributed by atoms with E-state index in [9.17, 15) is 19.2 Å². The molecule has 0 spiro atoms. The van der Waals surface area contributed by atoms with Gasteiger partial charge in [-0.05, 0) is 125 Å². The van der Waals surface area contributed by atoms with Gasteiger partial charge in [0.1, 0.15) is 47.4 Å². The zero-order chi connectivity index (χ0) is 59.9. The number of methoxy groups -OCH3 is 8. The fourth-order valence-electron chi connectivity index (χ4n) is 9.88. The van der Waals surface area contributed by atoms with Crippen LogP contribution >= 0.6 is 0 Å². The minimum absolute atomic E-state index is 0.322. The van der Waals surface area contributed by atoms with Crippen LogP contribution in [0, 0.1) is 0 Å². The van der Waals surface area contributed by atoms with E-state index in [1.165, 1.54) is 28.4 Å². The molecule has 0 saturated heterocycles. The van der Waals surface area contributed by atoms with E-state index >= 15 is 0 Å². The largest absolute Gasteiger partial charge is 0.496 e. The normalized spacial score (nSPS) is 13.1. The summed E-state index contributed by atoms with van der Waals surface area (Å²) in [7, 11) is 12.0. The molecule has 0 saturated carbocycles. The number of rotatable bonds is 20. The molecule has 0 aliphatic carbocycles. The number of ether oxygens (including phenoxy) is 8. The van der Waals surface area contributed by atoms with E-state index in [1.54, 1.807) is 92.5 Å². The average Bonchev–Trinajstić information content (AvgIpc) is 2.37. The molecule has 2 aliphatic heterocycles. The Kier molecular flexibility index (Phi) is 18.0. The Bertz CT molecular complexity index is 3560. The summed E-state index contributed by atoms with van der Waals surface area (Å²) in [6, 6.07) is 28.8. The number of carbonyl (C=O) groups excluding carboxylic acids is 4. The third kappa shape index (κ3) is 11.6. The topological polar surface area (TPSA) is 248 Å². The lowest BCUT2D eigenvalue weighted by Gasteiger charge is -2.20. The molecule has 3 aromatic heterocycles. The van der Waals surface area contributed by atoms with Crippen LogP contribution in [0.3, 0.4) is 0 Å². The second kappa shape index (κ2) is 25.7. The molecule has 5 heterocycles. The van der Waals surface area contributed by atoms with Crippen LogP contribution in [0.15, 0.2) is 97.1 Å². The number of benzene rings is 4. The molecule has 20 nitrogen and oxygen atoms in total. The Morgan fingerprint density at radius 3 is 0.786 bits per heavy atom. The molecule has 20 heteroatoms. The molecule has 4 aromatic carbocycles. The van der Waals surface area contributed by atoms with Crippen LogP contribution < -0.4 is 40.2 Å². The monoisotopic (exact) mass is 1140 g/mol. The van der Waals surface area contributed by atoms with E-state index in [4.69, 9.17) is 47.9 Å². The van der Waals surface area contributed by atoms with Crippen molar-refractivity contribution in [3.8, 4) is 67.5 Å². The van der Waals surface area contributed by atoms with E-state index < -0.39 is 48.0 Å². The smallest absolute Gasteiger partial charge is 0.253 e. The van der Waals surface area contributed by atoms with Crippen LogP contribution in [-0.2, 0) is 38.1 Å². The van der Waals surface area contributed by atoms with Gasteiger partial charge in [-0.25, -0.2) is 9.97 Å². The van der Waals surface area contributed by atoms with Gasteiger partial charge in [0.2, 0.25) is 0 Å². The molecular formula is C64H66N8O12. The van der Waals surface area contributed by atoms with Crippen LogP contribution in [0.1, 0.15) is 50.5 Å². The standard InChI is InChI=1S/C64H66N8O12/c1-33(77-5)61(73)69-37-17-13-18-38(70-62(74)34(2)78-6)53(37)55-41-25-29-45(65-41)57(59-49(81-9)21-15-22-50(59)82-10)47-31-27-43(67-47)56(54-39(71-63(75)35(3)79-7)19-14-20-40(54)72-64(76)36(4)80-8)44-28-32-48(68-44)58(46-30-26-42(55)66-46)60-51(83-11)23-16-24-52(60)84-12/h13-36,65,68H,1-12H3,(H,69,73)(H,70,74)(H,71,75)(H,72,76). The number of aromatic nitrogens is 4. The fourth-order valence-corrected chi connectivity index (χ4v) is 9.88. The van der Waals surface area contributed by atoms with Gasteiger partial charge in [0, 0.05) is 83.9 Å². The van der Waals surface area contributed by atoms with Crippen molar-refractivity contribution in [3.05, 3.63) is 120 Å². The van der Waals surface area contributed by atoms with Crippen molar-refractivity contribution in [2.24, 2.45) is 0 Å². The van der Waals surface area contributed by atoms with Crippen molar-refractivity contribution in [1.29, 1.82) is 0 Å². The Balaban J connectivity index is 1.54. The van der Waals surface area contributed by atoms with Gasteiger partial charge in [0.15, 0.2) is 0 Å². The van der Waals surface area contributed by atoms with Gasteiger partial charge >= 0.3 is 0 Å². The number of hydrogen-bond donors (Lipinski definition) is 6. The number of H-pyrrole nitrogens is 2. The SMILES string of the molecule is COc1cccc(OC)c1-c1c2nc(c(-c3c(NC(=O)C(C)OC)cccc3NC(=O)C(C)OC)c3ccc([nH]3)c(-c3c(OC)cccc3OC)c3nc(c(-c4c(NC(=O)C(C)OC)cccc4NC(=O)C(C)OC)c4ccc1[nH]4)C=C3)C=C2. The zero-order valence-electron chi connectivity index (χ0n) is 48.6. The number of anilines is 4. The first-order valence-corrected chi connectivity index (χ1v) is 26.8. The van der Waals surface area contributed by atoms with Gasteiger partial charge < -0.3 is 69.1 Å². The third-order valence-electron chi connectivity index (χ3n) is 14.7. The van der Waals surface area contributed by atoms with Gasteiger partial charge in [-0.15, -0.1) is 0 Å². The molecule has 8 bridgehead atoms. The molecule has 4 amide bonds. The predicted octanol–water partition coefficient (Wildman–Crippen LogP) is 11.3. The molecule has 84 heavy (non-hydrogen) atoms.